The van der Waals surface area contributed by atoms with Crippen molar-refractivity contribution in [3.63, 3.8) is 0 Å². The monoisotopic (exact) mass is 385 g/mol. The number of nitrogens with two attached hydrogens (primary N) is 1. The molecular formula is C21H28FN5O. The van der Waals surface area contributed by atoms with Gasteiger partial charge in [-0.1, -0.05) is 20.8 Å². The van der Waals surface area contributed by atoms with Crippen molar-refractivity contribution in [2.45, 2.75) is 46.0 Å². The van der Waals surface area contributed by atoms with Crippen LogP contribution in [0.25, 0.3) is 16.7 Å². The molecule has 1 amide bonds. The number of H-pyrrole nitrogens is 1. The Bertz CT molecular complexity index is 1060. The molecule has 0 unspecified atom stereocenters. The van der Waals surface area contributed by atoms with Gasteiger partial charge in [-0.25, -0.2) is 8.91 Å². The summed E-state index contributed by atoms with van der Waals surface area (Å²) in [5.41, 5.74) is 9.63. The Morgan fingerprint density at radius 3 is 2.64 bits per heavy atom. The number of benzene rings is 1. The Hall–Kier alpha value is -2.41. The SMILES string of the molecule is Cc1nn2c([nH]c3cc(F)cc(C(N)=O)c32)c1C1(C)CCN(CC(C)C)CC1. The lowest BCUT2D eigenvalue weighted by Gasteiger charge is -2.40. The fourth-order valence-corrected chi connectivity index (χ4v) is 4.76. The van der Waals surface area contributed by atoms with Gasteiger partial charge in [-0.15, -0.1) is 0 Å². The molecule has 3 heterocycles. The highest BCUT2D eigenvalue weighted by atomic mass is 19.1. The number of nitrogens with one attached hydrogen (secondary N) is 1. The molecule has 0 bridgehead atoms. The molecule has 3 N–H and O–H groups in total. The minimum absolute atomic E-state index is 0.0222. The van der Waals surface area contributed by atoms with E-state index in [0.717, 1.165) is 49.4 Å². The zero-order valence-corrected chi connectivity index (χ0v) is 17.0. The Morgan fingerprint density at radius 1 is 1.36 bits per heavy atom. The highest BCUT2D eigenvalue weighted by Gasteiger charge is 2.37. The molecule has 0 atom stereocenters. The first-order chi connectivity index (χ1) is 13.2. The number of rotatable bonds is 4. The van der Waals surface area contributed by atoms with Crippen molar-refractivity contribution in [3.05, 3.63) is 34.8 Å². The fraction of sp³-hybridized carbons (Fsp3) is 0.524. The smallest absolute Gasteiger partial charge is 0.251 e. The molecule has 1 saturated heterocycles. The standard InChI is InChI=1S/C21H28FN5O/c1-12(2)11-26-7-5-21(4,6-8-26)17-13(3)25-27-18-15(19(23)28)9-14(22)10-16(18)24-20(17)27/h9-10,12,24H,5-8,11H2,1-4H3,(H2,23,28). The summed E-state index contributed by atoms with van der Waals surface area (Å²) in [6.07, 6.45) is 2.07. The maximum Gasteiger partial charge on any atom is 0.251 e. The molecule has 2 aromatic heterocycles. The van der Waals surface area contributed by atoms with Crippen LogP contribution in [-0.4, -0.2) is 45.0 Å². The van der Waals surface area contributed by atoms with E-state index in [1.807, 2.05) is 6.92 Å². The van der Waals surface area contributed by atoms with E-state index < -0.39 is 11.7 Å². The fourth-order valence-electron chi connectivity index (χ4n) is 4.76. The van der Waals surface area contributed by atoms with Gasteiger partial charge in [0.15, 0.2) is 0 Å². The third-order valence-electron chi connectivity index (χ3n) is 6.05. The topological polar surface area (TPSA) is 79.4 Å². The number of fused-ring (bicyclic) bond motifs is 3. The van der Waals surface area contributed by atoms with E-state index in [0.29, 0.717) is 17.0 Å². The largest absolute Gasteiger partial charge is 0.366 e. The van der Waals surface area contributed by atoms with Gasteiger partial charge in [0.05, 0.1) is 16.8 Å². The number of likely N-dealkylation sites (tertiary alicyclic amines) is 1. The number of carbonyl (C=O) groups is 1. The Labute approximate surface area is 163 Å². The zero-order chi connectivity index (χ0) is 20.2. The molecule has 0 aliphatic carbocycles. The van der Waals surface area contributed by atoms with Crippen molar-refractivity contribution in [2.24, 2.45) is 11.7 Å². The van der Waals surface area contributed by atoms with Crippen molar-refractivity contribution < 1.29 is 9.18 Å². The van der Waals surface area contributed by atoms with Gasteiger partial charge in [-0.3, -0.25) is 4.79 Å². The van der Waals surface area contributed by atoms with Gasteiger partial charge in [0.1, 0.15) is 17.0 Å². The van der Waals surface area contributed by atoms with Crippen LogP contribution in [-0.2, 0) is 5.41 Å². The number of nitrogens with zero attached hydrogens (tertiary/aromatic N) is 3. The Morgan fingerprint density at radius 2 is 2.04 bits per heavy atom. The van der Waals surface area contributed by atoms with E-state index in [2.05, 4.69) is 30.7 Å². The number of amides is 1. The summed E-state index contributed by atoms with van der Waals surface area (Å²) in [7, 11) is 0. The maximum absolute atomic E-state index is 14.0. The summed E-state index contributed by atoms with van der Waals surface area (Å²) >= 11 is 0. The summed E-state index contributed by atoms with van der Waals surface area (Å²) in [4.78, 5) is 17.7. The molecule has 4 rings (SSSR count). The lowest BCUT2D eigenvalue weighted by molar-refractivity contribution is 0.100. The number of aromatic amines is 1. The van der Waals surface area contributed by atoms with E-state index in [4.69, 9.17) is 10.8 Å². The minimum Gasteiger partial charge on any atom is -0.366 e. The predicted octanol–water partition coefficient (Wildman–Crippen LogP) is 3.37. The first-order valence-corrected chi connectivity index (χ1v) is 9.93. The molecule has 1 aliphatic heterocycles. The van der Waals surface area contributed by atoms with Crippen molar-refractivity contribution in [3.8, 4) is 0 Å². The Balaban J connectivity index is 1.81. The highest BCUT2D eigenvalue weighted by Crippen LogP contribution is 2.40. The number of halogens is 1. The molecule has 150 valence electrons. The number of hydrogen-bond acceptors (Lipinski definition) is 3. The van der Waals surface area contributed by atoms with Crippen LogP contribution in [0.5, 0.6) is 0 Å². The molecule has 3 aromatic rings. The van der Waals surface area contributed by atoms with Gasteiger partial charge < -0.3 is 15.6 Å². The van der Waals surface area contributed by atoms with Crippen LogP contribution in [0, 0.1) is 18.7 Å². The number of carbonyl (C=O) groups excluding carboxylic acids is 1. The molecule has 1 fully saturated rings. The van der Waals surface area contributed by atoms with Crippen LogP contribution >= 0.6 is 0 Å². The molecular weight excluding hydrogens is 357 g/mol. The number of hydrogen-bond donors (Lipinski definition) is 2. The van der Waals surface area contributed by atoms with Crippen LogP contribution in [0.4, 0.5) is 4.39 Å². The van der Waals surface area contributed by atoms with Crippen molar-refractivity contribution in [2.75, 3.05) is 19.6 Å². The average molecular weight is 385 g/mol. The van der Waals surface area contributed by atoms with Gasteiger partial charge in [0, 0.05) is 17.5 Å². The third kappa shape index (κ3) is 2.98. The molecule has 7 heteroatoms. The van der Waals surface area contributed by atoms with Crippen LogP contribution in [0.2, 0.25) is 0 Å². The summed E-state index contributed by atoms with van der Waals surface area (Å²) in [5, 5.41) is 4.70. The molecule has 28 heavy (non-hydrogen) atoms. The van der Waals surface area contributed by atoms with E-state index >= 15 is 0 Å². The molecule has 6 nitrogen and oxygen atoms in total. The molecule has 0 radical (unpaired) electrons. The first-order valence-electron chi connectivity index (χ1n) is 9.93. The number of primary amides is 1. The van der Waals surface area contributed by atoms with Crippen LogP contribution < -0.4 is 5.73 Å². The van der Waals surface area contributed by atoms with E-state index in [-0.39, 0.29) is 11.0 Å². The normalized spacial score (nSPS) is 17.8. The minimum atomic E-state index is -0.659. The van der Waals surface area contributed by atoms with Crippen molar-refractivity contribution in [1.82, 2.24) is 19.5 Å². The van der Waals surface area contributed by atoms with Gasteiger partial charge in [0.25, 0.3) is 5.91 Å². The molecule has 1 aliphatic rings. The molecule has 0 saturated carbocycles. The number of aryl methyl sites for hydroxylation is 1. The number of aromatic nitrogens is 3. The maximum atomic E-state index is 14.0. The number of piperidine rings is 1. The first kappa shape index (κ1) is 18.9. The zero-order valence-electron chi connectivity index (χ0n) is 17.0. The summed E-state index contributed by atoms with van der Waals surface area (Å²) in [6.45, 7) is 12.0. The van der Waals surface area contributed by atoms with Gasteiger partial charge >= 0.3 is 0 Å². The van der Waals surface area contributed by atoms with E-state index in [9.17, 15) is 9.18 Å². The van der Waals surface area contributed by atoms with E-state index in [1.54, 1.807) is 4.52 Å². The van der Waals surface area contributed by atoms with Gasteiger partial charge in [0.2, 0.25) is 0 Å². The van der Waals surface area contributed by atoms with Gasteiger partial charge in [-0.2, -0.15) is 5.10 Å². The summed E-state index contributed by atoms with van der Waals surface area (Å²) in [6, 6.07) is 2.57. The van der Waals surface area contributed by atoms with Crippen LogP contribution in [0.15, 0.2) is 12.1 Å². The lowest BCUT2D eigenvalue weighted by Crippen LogP contribution is -2.42. The second-order valence-electron chi connectivity index (χ2n) is 8.81. The third-order valence-corrected chi connectivity index (χ3v) is 6.05. The number of imidazole rings is 1. The predicted molar refractivity (Wildman–Crippen MR) is 108 cm³/mol. The van der Waals surface area contributed by atoms with Crippen LogP contribution in [0.1, 0.15) is 55.2 Å². The Kier molecular flexibility index (Phi) is 4.45. The second kappa shape index (κ2) is 6.58. The highest BCUT2D eigenvalue weighted by molar-refractivity contribution is 6.05. The lowest BCUT2D eigenvalue weighted by atomic mass is 9.74. The average Bonchev–Trinajstić information content (AvgIpc) is 3.09. The molecule has 1 aromatic carbocycles. The summed E-state index contributed by atoms with van der Waals surface area (Å²) in [5.74, 6) is -0.490. The van der Waals surface area contributed by atoms with Crippen molar-refractivity contribution in [1.29, 1.82) is 0 Å². The quantitative estimate of drug-likeness (QED) is 0.723. The van der Waals surface area contributed by atoms with E-state index in [1.165, 1.54) is 12.1 Å². The van der Waals surface area contributed by atoms with Gasteiger partial charge in [-0.05, 0) is 50.9 Å². The molecule has 0 spiro atoms. The van der Waals surface area contributed by atoms with Crippen molar-refractivity contribution >= 4 is 22.6 Å². The summed E-state index contributed by atoms with van der Waals surface area (Å²) < 4.78 is 15.7. The second-order valence-corrected chi connectivity index (χ2v) is 8.81. The van der Waals surface area contributed by atoms with Crippen LogP contribution in [0.3, 0.4) is 0 Å².